The van der Waals surface area contributed by atoms with E-state index in [1.807, 2.05) is 12.1 Å². The van der Waals surface area contributed by atoms with E-state index in [-0.39, 0.29) is 0 Å². The van der Waals surface area contributed by atoms with Gasteiger partial charge in [-0.3, -0.25) is 0 Å². The Hall–Kier alpha value is -1.01. The molecule has 0 fully saturated rings. The van der Waals surface area contributed by atoms with E-state index in [9.17, 15) is 0 Å². The van der Waals surface area contributed by atoms with Gasteiger partial charge in [0.15, 0.2) is 0 Å². The van der Waals surface area contributed by atoms with E-state index >= 15 is 0 Å². The van der Waals surface area contributed by atoms with Crippen molar-refractivity contribution in [2.75, 3.05) is 6.61 Å². The van der Waals surface area contributed by atoms with Crippen LogP contribution in [-0.2, 0) is 0 Å². The highest BCUT2D eigenvalue weighted by Crippen LogP contribution is 2.12. The zero-order valence-corrected chi connectivity index (χ0v) is 9.62. The van der Waals surface area contributed by atoms with Crippen molar-refractivity contribution >= 4 is 15.9 Å². The molecule has 0 aliphatic rings. The fourth-order valence-corrected chi connectivity index (χ4v) is 1.15. The lowest BCUT2D eigenvalue weighted by Gasteiger charge is -2.06. The van der Waals surface area contributed by atoms with Gasteiger partial charge in [0, 0.05) is 4.83 Å². The Kier molecular flexibility index (Phi) is 4.48. The molecule has 0 heterocycles. The summed E-state index contributed by atoms with van der Waals surface area (Å²) in [6.07, 6.45) is 0.972. The zero-order chi connectivity index (χ0) is 10.4. The molecule has 1 unspecified atom stereocenters. The molecule has 2 nitrogen and oxygen atoms in total. The van der Waals surface area contributed by atoms with Crippen molar-refractivity contribution in [3.05, 3.63) is 29.8 Å². The minimum absolute atomic E-state index is 0.473. The molecule has 0 aliphatic carbocycles. The quantitative estimate of drug-likeness (QED) is 0.773. The van der Waals surface area contributed by atoms with Gasteiger partial charge in [0.2, 0.25) is 0 Å². The molecule has 74 valence electrons. The molecule has 0 spiro atoms. The number of hydrogen-bond acceptors (Lipinski definition) is 2. The molecule has 0 aliphatic heterocycles. The number of alkyl halides is 1. The molecule has 1 aromatic rings. The van der Waals surface area contributed by atoms with Crippen LogP contribution in [0.25, 0.3) is 0 Å². The predicted molar refractivity (Wildman–Crippen MR) is 59.7 cm³/mol. The van der Waals surface area contributed by atoms with Crippen LogP contribution in [0, 0.1) is 11.3 Å². The number of ether oxygens (including phenoxy) is 1. The van der Waals surface area contributed by atoms with Gasteiger partial charge in [-0.15, -0.1) is 0 Å². The Morgan fingerprint density at radius 1 is 1.43 bits per heavy atom. The third-order valence-electron chi connectivity index (χ3n) is 1.77. The molecule has 0 bridgehead atoms. The molecular weight excluding hydrogens is 242 g/mol. The highest BCUT2D eigenvalue weighted by molar-refractivity contribution is 9.09. The van der Waals surface area contributed by atoms with Crippen molar-refractivity contribution in [1.82, 2.24) is 0 Å². The van der Waals surface area contributed by atoms with Crippen molar-refractivity contribution in [2.45, 2.75) is 18.2 Å². The maximum Gasteiger partial charge on any atom is 0.119 e. The first kappa shape index (κ1) is 11.1. The number of benzene rings is 1. The van der Waals surface area contributed by atoms with Crippen LogP contribution in [0.3, 0.4) is 0 Å². The molecule has 0 saturated heterocycles. The number of nitriles is 1. The van der Waals surface area contributed by atoms with Crippen LogP contribution in [0.5, 0.6) is 5.75 Å². The Bertz CT molecular complexity index is 313. The standard InChI is InChI=1S/C11H12BrNO/c1-9(12)6-7-14-11-4-2-10(8-13)3-5-11/h2-5,9H,6-7H2,1H3. The zero-order valence-electron chi connectivity index (χ0n) is 8.03. The fourth-order valence-electron chi connectivity index (χ4n) is 0.965. The van der Waals surface area contributed by atoms with E-state index in [0.29, 0.717) is 17.0 Å². The van der Waals surface area contributed by atoms with E-state index in [0.717, 1.165) is 12.2 Å². The molecule has 1 rings (SSSR count). The second-order valence-corrected chi connectivity index (χ2v) is 4.62. The summed E-state index contributed by atoms with van der Waals surface area (Å²) in [6, 6.07) is 9.21. The van der Waals surface area contributed by atoms with Gasteiger partial charge < -0.3 is 4.74 Å². The average Bonchev–Trinajstić information content (AvgIpc) is 2.18. The molecular formula is C11H12BrNO. The van der Waals surface area contributed by atoms with E-state index in [2.05, 4.69) is 28.9 Å². The molecule has 1 atom stereocenters. The molecule has 1 aromatic carbocycles. The lowest BCUT2D eigenvalue weighted by molar-refractivity contribution is 0.312. The second-order valence-electron chi connectivity index (χ2n) is 3.05. The van der Waals surface area contributed by atoms with Gasteiger partial charge >= 0.3 is 0 Å². The first-order chi connectivity index (χ1) is 6.72. The third-order valence-corrected chi connectivity index (χ3v) is 2.23. The maximum atomic E-state index is 8.58. The predicted octanol–water partition coefficient (Wildman–Crippen LogP) is 3.11. The summed E-state index contributed by atoms with van der Waals surface area (Å²) in [5.41, 5.74) is 0.659. The first-order valence-electron chi connectivity index (χ1n) is 4.49. The molecule has 0 saturated carbocycles. The summed E-state index contributed by atoms with van der Waals surface area (Å²) in [7, 11) is 0. The van der Waals surface area contributed by atoms with Crippen molar-refractivity contribution in [2.24, 2.45) is 0 Å². The minimum Gasteiger partial charge on any atom is -0.494 e. The molecule has 0 radical (unpaired) electrons. The maximum absolute atomic E-state index is 8.58. The number of hydrogen-bond donors (Lipinski definition) is 0. The van der Waals surface area contributed by atoms with Crippen LogP contribution in [-0.4, -0.2) is 11.4 Å². The summed E-state index contributed by atoms with van der Waals surface area (Å²) in [4.78, 5) is 0.473. The fraction of sp³-hybridized carbons (Fsp3) is 0.364. The lowest BCUT2D eigenvalue weighted by Crippen LogP contribution is -2.02. The van der Waals surface area contributed by atoms with Crippen LogP contribution in [0.4, 0.5) is 0 Å². The van der Waals surface area contributed by atoms with Gasteiger partial charge in [-0.05, 0) is 30.7 Å². The van der Waals surface area contributed by atoms with Crippen molar-refractivity contribution in [3.63, 3.8) is 0 Å². The van der Waals surface area contributed by atoms with Crippen LogP contribution in [0.1, 0.15) is 18.9 Å². The molecule has 14 heavy (non-hydrogen) atoms. The minimum atomic E-state index is 0.473. The van der Waals surface area contributed by atoms with Gasteiger partial charge in [0.25, 0.3) is 0 Å². The van der Waals surface area contributed by atoms with Crippen LogP contribution < -0.4 is 4.74 Å². The average molecular weight is 254 g/mol. The Balaban J connectivity index is 2.41. The van der Waals surface area contributed by atoms with Crippen LogP contribution in [0.2, 0.25) is 0 Å². The lowest BCUT2D eigenvalue weighted by atomic mass is 10.2. The summed E-state index contributed by atoms with van der Waals surface area (Å²) in [5, 5.41) is 8.58. The van der Waals surface area contributed by atoms with Gasteiger partial charge in [-0.25, -0.2) is 0 Å². The largest absolute Gasteiger partial charge is 0.494 e. The smallest absolute Gasteiger partial charge is 0.119 e. The van der Waals surface area contributed by atoms with E-state index in [1.54, 1.807) is 12.1 Å². The highest BCUT2D eigenvalue weighted by Gasteiger charge is 1.97. The van der Waals surface area contributed by atoms with Gasteiger partial charge in [0.1, 0.15) is 5.75 Å². The van der Waals surface area contributed by atoms with Gasteiger partial charge in [-0.2, -0.15) is 5.26 Å². The monoisotopic (exact) mass is 253 g/mol. The summed E-state index contributed by atoms with van der Waals surface area (Å²) < 4.78 is 5.48. The van der Waals surface area contributed by atoms with Gasteiger partial charge in [0.05, 0.1) is 18.2 Å². The van der Waals surface area contributed by atoms with E-state index in [1.165, 1.54) is 0 Å². The molecule has 0 aromatic heterocycles. The van der Waals surface area contributed by atoms with Crippen molar-refractivity contribution in [1.29, 1.82) is 5.26 Å². The Morgan fingerprint density at radius 3 is 2.57 bits per heavy atom. The van der Waals surface area contributed by atoms with Crippen LogP contribution in [0.15, 0.2) is 24.3 Å². The summed E-state index contributed by atoms with van der Waals surface area (Å²) in [6.45, 7) is 2.78. The first-order valence-corrected chi connectivity index (χ1v) is 5.41. The van der Waals surface area contributed by atoms with E-state index < -0.39 is 0 Å². The SMILES string of the molecule is CC(Br)CCOc1ccc(C#N)cc1. The number of halogens is 1. The number of rotatable bonds is 4. The number of nitrogens with zero attached hydrogens (tertiary/aromatic N) is 1. The normalized spacial score (nSPS) is 11.8. The topological polar surface area (TPSA) is 33.0 Å². The Labute approximate surface area is 92.6 Å². The van der Waals surface area contributed by atoms with E-state index in [4.69, 9.17) is 10.00 Å². The summed E-state index contributed by atoms with van der Waals surface area (Å²) >= 11 is 3.45. The van der Waals surface area contributed by atoms with Crippen LogP contribution >= 0.6 is 15.9 Å². The molecule has 3 heteroatoms. The van der Waals surface area contributed by atoms with Crippen molar-refractivity contribution < 1.29 is 4.74 Å². The molecule has 0 N–H and O–H groups in total. The third kappa shape index (κ3) is 3.80. The Morgan fingerprint density at radius 2 is 2.07 bits per heavy atom. The second kappa shape index (κ2) is 5.66. The van der Waals surface area contributed by atoms with Gasteiger partial charge in [-0.1, -0.05) is 22.9 Å². The molecule has 0 amide bonds. The highest BCUT2D eigenvalue weighted by atomic mass is 79.9. The summed E-state index contributed by atoms with van der Waals surface area (Å²) in [5.74, 6) is 0.817. The van der Waals surface area contributed by atoms with Crippen molar-refractivity contribution in [3.8, 4) is 11.8 Å².